The number of carbonyl (C=O) groups is 1. The van der Waals surface area contributed by atoms with Crippen molar-refractivity contribution in [3.8, 4) is 11.5 Å². The first kappa shape index (κ1) is 17.5. The number of rotatable bonds is 4. The minimum Gasteiger partial charge on any atom is -0.504 e. The van der Waals surface area contributed by atoms with Gasteiger partial charge in [-0.15, -0.1) is 0 Å². The number of carbonyl (C=O) groups excluding carboxylic acids is 1. The Morgan fingerprint density at radius 1 is 1.24 bits per heavy atom. The van der Waals surface area contributed by atoms with Gasteiger partial charge in [-0.3, -0.25) is 9.69 Å². The van der Waals surface area contributed by atoms with Crippen molar-refractivity contribution in [3.63, 3.8) is 0 Å². The van der Waals surface area contributed by atoms with Gasteiger partial charge in [0.2, 0.25) is 0 Å². The van der Waals surface area contributed by atoms with Gasteiger partial charge in [0.05, 0.1) is 17.2 Å². The lowest BCUT2D eigenvalue weighted by atomic mass is 10.1. The summed E-state index contributed by atoms with van der Waals surface area (Å²) < 4.78 is 5.89. The van der Waals surface area contributed by atoms with E-state index in [1.54, 1.807) is 24.3 Å². The summed E-state index contributed by atoms with van der Waals surface area (Å²) >= 11 is 6.64. The number of hydrogen-bond donors (Lipinski definition) is 1. The highest BCUT2D eigenvalue weighted by Gasteiger charge is 2.33. The van der Waals surface area contributed by atoms with E-state index in [2.05, 4.69) is 0 Å². The molecule has 1 heterocycles. The summed E-state index contributed by atoms with van der Waals surface area (Å²) in [5.41, 5.74) is 2.65. The maximum Gasteiger partial charge on any atom is 0.270 e. The molecular weight excluding hydrogens is 354 g/mol. The van der Waals surface area contributed by atoms with Gasteiger partial charge in [0.15, 0.2) is 15.8 Å². The van der Waals surface area contributed by atoms with E-state index in [1.165, 1.54) is 16.7 Å². The van der Waals surface area contributed by atoms with Gasteiger partial charge < -0.3 is 9.84 Å². The highest BCUT2D eigenvalue weighted by molar-refractivity contribution is 8.27. The normalized spacial score (nSPS) is 15.9. The molecule has 0 aromatic heterocycles. The highest BCUT2D eigenvalue weighted by atomic mass is 32.2. The topological polar surface area (TPSA) is 49.8 Å². The zero-order valence-electron chi connectivity index (χ0n) is 13.9. The van der Waals surface area contributed by atoms with Gasteiger partial charge in [0, 0.05) is 0 Å². The van der Waals surface area contributed by atoms with Crippen molar-refractivity contribution >= 4 is 46.0 Å². The molecule has 0 atom stereocenters. The largest absolute Gasteiger partial charge is 0.504 e. The molecule has 3 rings (SSSR count). The molecule has 2 aromatic rings. The average molecular weight is 371 g/mol. The van der Waals surface area contributed by atoms with Crippen LogP contribution in [0.4, 0.5) is 5.69 Å². The number of thiocarbonyl (C=S) groups is 1. The molecule has 0 saturated carbocycles. The van der Waals surface area contributed by atoms with E-state index in [9.17, 15) is 9.90 Å². The number of benzene rings is 2. The molecule has 6 heteroatoms. The summed E-state index contributed by atoms with van der Waals surface area (Å²) in [7, 11) is 0. The predicted molar refractivity (Wildman–Crippen MR) is 106 cm³/mol. The number of aromatic hydroxyl groups is 1. The fraction of sp³-hybridized carbons (Fsp3) is 0.158. The summed E-state index contributed by atoms with van der Waals surface area (Å²) in [5, 5.41) is 9.79. The van der Waals surface area contributed by atoms with Crippen molar-refractivity contribution < 1.29 is 14.6 Å². The van der Waals surface area contributed by atoms with Crippen LogP contribution in [0.1, 0.15) is 18.1 Å². The summed E-state index contributed by atoms with van der Waals surface area (Å²) in [6, 6.07) is 12.7. The first-order valence-electron chi connectivity index (χ1n) is 7.80. The Hall–Kier alpha value is -2.31. The van der Waals surface area contributed by atoms with Crippen LogP contribution in [0.15, 0.2) is 47.4 Å². The molecule has 0 bridgehead atoms. The van der Waals surface area contributed by atoms with Crippen molar-refractivity contribution in [3.05, 3.63) is 58.5 Å². The maximum absolute atomic E-state index is 12.8. The van der Waals surface area contributed by atoms with Crippen LogP contribution < -0.4 is 9.64 Å². The Morgan fingerprint density at radius 2 is 1.96 bits per heavy atom. The average Bonchev–Trinajstić information content (AvgIpc) is 2.86. The number of aryl methyl sites for hydroxylation is 1. The first-order chi connectivity index (χ1) is 12.0. The third-order valence-electron chi connectivity index (χ3n) is 3.67. The Kier molecular flexibility index (Phi) is 5.11. The zero-order chi connectivity index (χ0) is 18.0. The predicted octanol–water partition coefficient (Wildman–Crippen LogP) is 4.51. The Morgan fingerprint density at radius 3 is 2.64 bits per heavy atom. The molecular formula is C19H17NO3S2. The highest BCUT2D eigenvalue weighted by Crippen LogP contribution is 2.37. The first-order valence-corrected chi connectivity index (χ1v) is 9.02. The lowest BCUT2D eigenvalue weighted by Crippen LogP contribution is -2.27. The number of ether oxygens (including phenoxy) is 1. The number of phenolic OH excluding ortho intramolecular Hbond substituents is 1. The van der Waals surface area contributed by atoms with E-state index < -0.39 is 0 Å². The van der Waals surface area contributed by atoms with E-state index >= 15 is 0 Å². The van der Waals surface area contributed by atoms with Gasteiger partial charge >= 0.3 is 0 Å². The monoisotopic (exact) mass is 371 g/mol. The van der Waals surface area contributed by atoms with Crippen LogP contribution in [0.2, 0.25) is 0 Å². The fourth-order valence-electron chi connectivity index (χ4n) is 2.43. The molecule has 1 aliphatic rings. The molecule has 128 valence electrons. The summed E-state index contributed by atoms with van der Waals surface area (Å²) in [6.07, 6.45) is 1.76. The van der Waals surface area contributed by atoms with E-state index in [1.807, 2.05) is 38.1 Å². The smallest absolute Gasteiger partial charge is 0.270 e. The second-order valence-corrected chi connectivity index (χ2v) is 7.19. The van der Waals surface area contributed by atoms with Crippen LogP contribution in [0.25, 0.3) is 6.08 Å². The molecule has 0 spiro atoms. The molecule has 2 aromatic carbocycles. The molecule has 4 nitrogen and oxygen atoms in total. The quantitative estimate of drug-likeness (QED) is 0.633. The number of phenols is 1. The van der Waals surface area contributed by atoms with Crippen LogP contribution in [-0.2, 0) is 4.79 Å². The third-order valence-corrected chi connectivity index (χ3v) is 4.97. The third kappa shape index (κ3) is 3.70. The maximum atomic E-state index is 12.8. The molecule has 1 fully saturated rings. The van der Waals surface area contributed by atoms with Gasteiger partial charge in [0.25, 0.3) is 5.91 Å². The van der Waals surface area contributed by atoms with Crippen molar-refractivity contribution in [2.75, 3.05) is 11.5 Å². The second-order valence-electron chi connectivity index (χ2n) is 5.51. The van der Waals surface area contributed by atoms with E-state index in [0.717, 1.165) is 16.8 Å². The van der Waals surface area contributed by atoms with Gasteiger partial charge in [-0.1, -0.05) is 47.7 Å². The van der Waals surface area contributed by atoms with Crippen LogP contribution in [0, 0.1) is 6.92 Å². The van der Waals surface area contributed by atoms with E-state index in [4.69, 9.17) is 17.0 Å². The zero-order valence-corrected chi connectivity index (χ0v) is 15.5. The molecule has 1 N–H and O–H groups in total. The van der Waals surface area contributed by atoms with Crippen molar-refractivity contribution in [2.24, 2.45) is 0 Å². The number of anilines is 1. The number of hydrogen-bond acceptors (Lipinski definition) is 5. The Labute approximate surface area is 156 Å². The van der Waals surface area contributed by atoms with E-state index in [-0.39, 0.29) is 11.7 Å². The molecule has 25 heavy (non-hydrogen) atoms. The van der Waals surface area contributed by atoms with Crippen LogP contribution in [-0.4, -0.2) is 21.9 Å². The summed E-state index contributed by atoms with van der Waals surface area (Å²) in [6.45, 7) is 4.29. The van der Waals surface area contributed by atoms with Gasteiger partial charge in [-0.2, -0.15) is 0 Å². The fourth-order valence-corrected chi connectivity index (χ4v) is 3.73. The van der Waals surface area contributed by atoms with Gasteiger partial charge in [-0.05, 0) is 49.8 Å². The van der Waals surface area contributed by atoms with E-state index in [0.29, 0.717) is 21.6 Å². The Balaban J connectivity index is 1.90. The number of amides is 1. The minimum atomic E-state index is -0.148. The van der Waals surface area contributed by atoms with Crippen LogP contribution >= 0.6 is 24.0 Å². The van der Waals surface area contributed by atoms with Crippen molar-refractivity contribution in [2.45, 2.75) is 13.8 Å². The summed E-state index contributed by atoms with van der Waals surface area (Å²) in [5.74, 6) is 0.321. The van der Waals surface area contributed by atoms with Crippen molar-refractivity contribution in [1.29, 1.82) is 0 Å². The van der Waals surface area contributed by atoms with Gasteiger partial charge in [-0.25, -0.2) is 0 Å². The SMILES string of the molecule is CCOc1cc(/C=C2\SC(=S)N(c3ccc(C)cc3)C2=O)ccc1O. The molecule has 0 radical (unpaired) electrons. The molecule has 0 unspecified atom stereocenters. The lowest BCUT2D eigenvalue weighted by Gasteiger charge is -2.14. The minimum absolute atomic E-state index is 0.0752. The molecule has 0 aliphatic carbocycles. The van der Waals surface area contributed by atoms with Crippen LogP contribution in [0.5, 0.6) is 11.5 Å². The number of thioether (sulfide) groups is 1. The molecule has 1 aliphatic heterocycles. The molecule has 1 amide bonds. The standard InChI is InChI=1S/C19H17NO3S2/c1-3-23-16-10-13(6-9-15(16)21)11-17-18(22)20(19(24)25-17)14-7-4-12(2)5-8-14/h4-11,21H,3H2,1-2H3/b17-11-. The number of nitrogens with zero attached hydrogens (tertiary/aromatic N) is 1. The lowest BCUT2D eigenvalue weighted by molar-refractivity contribution is -0.113. The summed E-state index contributed by atoms with van der Waals surface area (Å²) in [4.78, 5) is 14.8. The Bertz CT molecular complexity index is 859. The second kappa shape index (κ2) is 7.29. The van der Waals surface area contributed by atoms with Gasteiger partial charge in [0.1, 0.15) is 0 Å². The van der Waals surface area contributed by atoms with Crippen LogP contribution in [0.3, 0.4) is 0 Å². The molecule has 1 saturated heterocycles. The van der Waals surface area contributed by atoms with Crippen molar-refractivity contribution in [1.82, 2.24) is 0 Å².